The number of aryl methyl sites for hydroxylation is 2. The Morgan fingerprint density at radius 3 is 2.53 bits per heavy atom. The molecule has 0 fully saturated rings. The second kappa shape index (κ2) is 4.33. The first-order valence-electron chi connectivity index (χ1n) is 6.12. The quantitative estimate of drug-likeness (QED) is 0.727. The second-order valence-corrected chi connectivity index (χ2v) is 5.26. The molecule has 0 heterocycles. The second-order valence-electron chi connectivity index (χ2n) is 5.26. The largest absolute Gasteiger partial charge is 0.292 e. The summed E-state index contributed by atoms with van der Waals surface area (Å²) >= 11 is 0. The fraction of sp³-hybridized carbons (Fsp3) is 0.467. The number of benzene rings is 1. The van der Waals surface area contributed by atoms with Crippen LogP contribution in [0.25, 0.3) is 0 Å². The molecule has 0 unspecified atom stereocenters. The molecular formula is C15H17NO. The van der Waals surface area contributed by atoms with Crippen LogP contribution in [0.15, 0.2) is 18.2 Å². The maximum absolute atomic E-state index is 12.2. The molecule has 0 saturated carbocycles. The molecule has 1 aromatic rings. The molecule has 2 heteroatoms. The Hall–Kier alpha value is -1.62. The van der Waals surface area contributed by atoms with Crippen LogP contribution in [0.2, 0.25) is 0 Å². The molecule has 0 saturated heterocycles. The van der Waals surface area contributed by atoms with E-state index in [1.54, 1.807) is 13.8 Å². The molecular weight excluding hydrogens is 210 g/mol. The molecule has 0 N–H and O–H groups in total. The lowest BCUT2D eigenvalue weighted by Gasteiger charge is -2.18. The van der Waals surface area contributed by atoms with Gasteiger partial charge in [-0.3, -0.25) is 4.79 Å². The average molecular weight is 227 g/mol. The summed E-state index contributed by atoms with van der Waals surface area (Å²) in [6.07, 6.45) is 4.62. The molecule has 0 atom stereocenters. The van der Waals surface area contributed by atoms with E-state index in [-0.39, 0.29) is 5.78 Å². The number of carbonyl (C=O) groups excluding carboxylic acids is 1. The zero-order valence-electron chi connectivity index (χ0n) is 10.4. The third-order valence-corrected chi connectivity index (χ3v) is 3.46. The number of rotatable bonds is 2. The van der Waals surface area contributed by atoms with Crippen molar-refractivity contribution in [1.82, 2.24) is 0 Å². The number of hydrogen-bond donors (Lipinski definition) is 0. The SMILES string of the molecule is CC(C)(C#N)C(=O)c1ccc2c(c1)CCCC2. The van der Waals surface area contributed by atoms with Crippen LogP contribution < -0.4 is 0 Å². The van der Waals surface area contributed by atoms with Crippen molar-refractivity contribution in [2.75, 3.05) is 0 Å². The zero-order chi connectivity index (χ0) is 12.5. The molecule has 0 bridgehead atoms. The lowest BCUT2D eigenvalue weighted by Crippen LogP contribution is -2.22. The first-order valence-corrected chi connectivity index (χ1v) is 6.12. The van der Waals surface area contributed by atoms with Gasteiger partial charge in [-0.05, 0) is 56.7 Å². The van der Waals surface area contributed by atoms with Crippen LogP contribution in [0.3, 0.4) is 0 Å². The monoisotopic (exact) mass is 227 g/mol. The fourth-order valence-electron chi connectivity index (χ4n) is 2.29. The third kappa shape index (κ3) is 2.24. The van der Waals surface area contributed by atoms with Crippen molar-refractivity contribution < 1.29 is 4.79 Å². The number of ketones is 1. The molecule has 0 spiro atoms. The lowest BCUT2D eigenvalue weighted by molar-refractivity contribution is 0.0891. The minimum atomic E-state index is -0.928. The van der Waals surface area contributed by atoms with Crippen LogP contribution in [0.4, 0.5) is 0 Å². The van der Waals surface area contributed by atoms with Gasteiger partial charge in [-0.1, -0.05) is 12.1 Å². The van der Waals surface area contributed by atoms with E-state index in [1.807, 2.05) is 12.1 Å². The van der Waals surface area contributed by atoms with E-state index < -0.39 is 5.41 Å². The minimum Gasteiger partial charge on any atom is -0.292 e. The number of carbonyl (C=O) groups is 1. The van der Waals surface area contributed by atoms with Crippen molar-refractivity contribution in [1.29, 1.82) is 5.26 Å². The van der Waals surface area contributed by atoms with Gasteiger partial charge in [0.15, 0.2) is 5.78 Å². The molecule has 0 amide bonds. The summed E-state index contributed by atoms with van der Waals surface area (Å²) < 4.78 is 0. The summed E-state index contributed by atoms with van der Waals surface area (Å²) in [7, 11) is 0. The number of nitrogens with zero attached hydrogens (tertiary/aromatic N) is 1. The van der Waals surface area contributed by atoms with Crippen molar-refractivity contribution in [2.45, 2.75) is 39.5 Å². The molecule has 0 radical (unpaired) electrons. The van der Waals surface area contributed by atoms with E-state index in [2.05, 4.69) is 12.1 Å². The summed E-state index contributed by atoms with van der Waals surface area (Å²) in [5.74, 6) is -0.0756. The highest BCUT2D eigenvalue weighted by atomic mass is 16.1. The van der Waals surface area contributed by atoms with Crippen LogP contribution in [-0.4, -0.2) is 5.78 Å². The summed E-state index contributed by atoms with van der Waals surface area (Å²) in [4.78, 5) is 12.2. The van der Waals surface area contributed by atoms with Gasteiger partial charge in [-0.25, -0.2) is 0 Å². The smallest absolute Gasteiger partial charge is 0.182 e. The Morgan fingerprint density at radius 2 is 1.88 bits per heavy atom. The fourth-order valence-corrected chi connectivity index (χ4v) is 2.29. The van der Waals surface area contributed by atoms with Crippen LogP contribution in [-0.2, 0) is 12.8 Å². The van der Waals surface area contributed by atoms with Gasteiger partial charge in [0, 0.05) is 5.56 Å². The molecule has 88 valence electrons. The number of fused-ring (bicyclic) bond motifs is 1. The topological polar surface area (TPSA) is 40.9 Å². The van der Waals surface area contributed by atoms with E-state index in [9.17, 15) is 4.79 Å². The third-order valence-electron chi connectivity index (χ3n) is 3.46. The molecule has 0 aliphatic heterocycles. The summed E-state index contributed by atoms with van der Waals surface area (Å²) in [6.45, 7) is 3.35. The van der Waals surface area contributed by atoms with Gasteiger partial charge >= 0.3 is 0 Å². The first-order chi connectivity index (χ1) is 8.04. The van der Waals surface area contributed by atoms with Crippen LogP contribution in [0.1, 0.15) is 48.2 Å². The maximum atomic E-state index is 12.2. The molecule has 1 aliphatic rings. The average Bonchev–Trinajstić information content (AvgIpc) is 2.37. The lowest BCUT2D eigenvalue weighted by atomic mass is 9.83. The number of nitriles is 1. The first kappa shape index (κ1) is 11.9. The Morgan fingerprint density at radius 1 is 1.24 bits per heavy atom. The molecule has 2 nitrogen and oxygen atoms in total. The van der Waals surface area contributed by atoms with E-state index >= 15 is 0 Å². The Labute approximate surface area is 102 Å². The minimum absolute atomic E-state index is 0.0756. The van der Waals surface area contributed by atoms with Crippen LogP contribution >= 0.6 is 0 Å². The van der Waals surface area contributed by atoms with Crippen LogP contribution in [0, 0.1) is 16.7 Å². The van der Waals surface area contributed by atoms with Crippen molar-refractivity contribution >= 4 is 5.78 Å². The molecule has 2 rings (SSSR count). The zero-order valence-corrected chi connectivity index (χ0v) is 10.4. The van der Waals surface area contributed by atoms with Crippen molar-refractivity contribution in [2.24, 2.45) is 5.41 Å². The maximum Gasteiger partial charge on any atom is 0.182 e. The van der Waals surface area contributed by atoms with E-state index in [0.717, 1.165) is 12.8 Å². The van der Waals surface area contributed by atoms with E-state index in [1.165, 1.54) is 24.0 Å². The highest BCUT2D eigenvalue weighted by Gasteiger charge is 2.28. The molecule has 1 aromatic carbocycles. The molecule has 17 heavy (non-hydrogen) atoms. The van der Waals surface area contributed by atoms with Gasteiger partial charge in [0.25, 0.3) is 0 Å². The highest BCUT2D eigenvalue weighted by molar-refractivity contribution is 6.01. The molecule has 1 aliphatic carbocycles. The Kier molecular flexibility index (Phi) is 3.02. The van der Waals surface area contributed by atoms with Gasteiger partial charge in [-0.15, -0.1) is 0 Å². The van der Waals surface area contributed by atoms with Gasteiger partial charge in [0.05, 0.1) is 6.07 Å². The summed E-state index contributed by atoms with van der Waals surface area (Å²) in [6, 6.07) is 7.97. The van der Waals surface area contributed by atoms with Gasteiger partial charge in [0.1, 0.15) is 5.41 Å². The Bertz CT molecular complexity index is 494. The van der Waals surface area contributed by atoms with Crippen LogP contribution in [0.5, 0.6) is 0 Å². The van der Waals surface area contributed by atoms with Gasteiger partial charge in [0.2, 0.25) is 0 Å². The highest BCUT2D eigenvalue weighted by Crippen LogP contribution is 2.26. The number of hydrogen-bond acceptors (Lipinski definition) is 2. The summed E-state index contributed by atoms with van der Waals surface area (Å²) in [5.41, 5.74) is 2.40. The van der Waals surface area contributed by atoms with E-state index in [0.29, 0.717) is 5.56 Å². The van der Waals surface area contributed by atoms with E-state index in [4.69, 9.17) is 5.26 Å². The molecule has 0 aromatic heterocycles. The van der Waals surface area contributed by atoms with Gasteiger partial charge < -0.3 is 0 Å². The van der Waals surface area contributed by atoms with Gasteiger partial charge in [-0.2, -0.15) is 5.26 Å². The van der Waals surface area contributed by atoms with Crippen molar-refractivity contribution in [3.8, 4) is 6.07 Å². The standard InChI is InChI=1S/C15H17NO/c1-15(2,10-16)14(17)13-8-7-11-5-3-4-6-12(11)9-13/h7-9H,3-6H2,1-2H3. The summed E-state index contributed by atoms with van der Waals surface area (Å²) in [5, 5.41) is 8.99. The normalized spacial score (nSPS) is 14.9. The number of Topliss-reactive ketones (excluding diaryl/α,β-unsaturated/α-hetero) is 1. The Balaban J connectivity index is 2.35. The van der Waals surface area contributed by atoms with Crippen molar-refractivity contribution in [3.05, 3.63) is 34.9 Å². The predicted octanol–water partition coefficient (Wildman–Crippen LogP) is 3.30. The van der Waals surface area contributed by atoms with Crippen molar-refractivity contribution in [3.63, 3.8) is 0 Å². The predicted molar refractivity (Wildman–Crippen MR) is 66.8 cm³/mol.